The van der Waals surface area contributed by atoms with Gasteiger partial charge in [0, 0.05) is 25.5 Å². The summed E-state index contributed by atoms with van der Waals surface area (Å²) >= 11 is 0. The van der Waals surface area contributed by atoms with Crippen molar-refractivity contribution in [3.63, 3.8) is 0 Å². The minimum atomic E-state index is -4.56. The SMILES string of the molecule is O=C(c1cccc(F)c1-c1ncccn1)N1CC2CC1[C@@H](N(CC1CC1)c1cnc(C(F)(F)F)cn1)C2. The van der Waals surface area contributed by atoms with Crippen LogP contribution < -0.4 is 4.90 Å². The second-order valence-corrected chi connectivity index (χ2v) is 10.0. The highest BCUT2D eigenvalue weighted by Crippen LogP contribution is 2.44. The molecular formula is C26H24F4N6O. The summed E-state index contributed by atoms with van der Waals surface area (Å²) in [6.45, 7) is 1.20. The van der Waals surface area contributed by atoms with Crippen molar-refractivity contribution in [2.24, 2.45) is 11.8 Å². The first kappa shape index (κ1) is 23.7. The molecule has 3 aromatic rings. The molecule has 2 aliphatic carbocycles. The molecule has 2 saturated carbocycles. The summed E-state index contributed by atoms with van der Waals surface area (Å²) in [5.41, 5.74) is -0.773. The van der Waals surface area contributed by atoms with E-state index in [1.165, 1.54) is 30.7 Å². The smallest absolute Gasteiger partial charge is 0.350 e. The monoisotopic (exact) mass is 512 g/mol. The molecule has 2 aromatic heterocycles. The van der Waals surface area contributed by atoms with Crippen molar-refractivity contribution in [3.05, 3.63) is 66.1 Å². The van der Waals surface area contributed by atoms with Crippen molar-refractivity contribution in [2.45, 2.75) is 43.9 Å². The van der Waals surface area contributed by atoms with Crippen LogP contribution in [0.15, 0.2) is 49.1 Å². The molecule has 3 heterocycles. The number of hydrogen-bond acceptors (Lipinski definition) is 6. The largest absolute Gasteiger partial charge is 0.434 e. The summed E-state index contributed by atoms with van der Waals surface area (Å²) in [7, 11) is 0. The highest BCUT2D eigenvalue weighted by atomic mass is 19.4. The Balaban J connectivity index is 1.30. The van der Waals surface area contributed by atoms with E-state index in [1.54, 1.807) is 17.0 Å². The molecule has 1 aliphatic heterocycles. The standard InChI is InChI=1S/C26H24F4N6O/c27-18-4-1-3-17(23(18)24-31-7-2-8-32-24)25(37)36-14-16-9-19(20(36)10-16)35(13-15-5-6-15)22-12-33-21(11-34-22)26(28,29)30/h1-4,7-8,11-12,15-16,19-20H,5-6,9-10,13-14H2/t16?,19-,20?/m0/s1. The molecule has 6 rings (SSSR count). The molecule has 0 spiro atoms. The summed E-state index contributed by atoms with van der Waals surface area (Å²) in [5.74, 6) is 0.331. The maximum Gasteiger partial charge on any atom is 0.434 e. The first-order valence-corrected chi connectivity index (χ1v) is 12.3. The van der Waals surface area contributed by atoms with Gasteiger partial charge in [0.2, 0.25) is 0 Å². The average Bonchev–Trinajstić information content (AvgIpc) is 3.49. The van der Waals surface area contributed by atoms with Gasteiger partial charge in [0.05, 0.1) is 35.6 Å². The fourth-order valence-corrected chi connectivity index (χ4v) is 5.67. The van der Waals surface area contributed by atoms with Gasteiger partial charge in [-0.1, -0.05) is 6.07 Å². The Morgan fingerprint density at radius 3 is 2.46 bits per heavy atom. The van der Waals surface area contributed by atoms with Crippen molar-refractivity contribution < 1.29 is 22.4 Å². The number of carbonyl (C=O) groups is 1. The van der Waals surface area contributed by atoms with Gasteiger partial charge in [-0.05, 0) is 55.7 Å². The van der Waals surface area contributed by atoms with Crippen molar-refractivity contribution in [1.29, 1.82) is 0 Å². The van der Waals surface area contributed by atoms with Crippen LogP contribution in [0, 0.1) is 17.7 Å². The van der Waals surface area contributed by atoms with E-state index in [1.807, 2.05) is 4.90 Å². The molecule has 2 unspecified atom stereocenters. The number of likely N-dealkylation sites (tertiary alicyclic amines) is 1. The summed E-state index contributed by atoms with van der Waals surface area (Å²) in [6, 6.07) is 5.70. The number of halogens is 4. The van der Waals surface area contributed by atoms with Crippen LogP contribution >= 0.6 is 0 Å². The summed E-state index contributed by atoms with van der Waals surface area (Å²) in [4.78, 5) is 33.7. The first-order valence-electron chi connectivity index (χ1n) is 12.3. The molecule has 1 amide bonds. The second-order valence-electron chi connectivity index (χ2n) is 10.0. The van der Waals surface area contributed by atoms with Gasteiger partial charge in [-0.3, -0.25) is 4.79 Å². The number of nitrogens with zero attached hydrogens (tertiary/aromatic N) is 6. The molecule has 2 bridgehead atoms. The van der Waals surface area contributed by atoms with Crippen LogP contribution in [0.2, 0.25) is 0 Å². The third-order valence-electron chi connectivity index (χ3n) is 7.52. The zero-order valence-electron chi connectivity index (χ0n) is 19.8. The molecule has 7 nitrogen and oxygen atoms in total. The number of amides is 1. The molecule has 1 aromatic carbocycles. The Labute approximate surface area is 210 Å². The maximum absolute atomic E-state index is 14.9. The van der Waals surface area contributed by atoms with E-state index in [4.69, 9.17) is 0 Å². The lowest BCUT2D eigenvalue weighted by molar-refractivity contribution is -0.141. The zero-order valence-corrected chi connectivity index (χ0v) is 19.8. The van der Waals surface area contributed by atoms with Crippen molar-refractivity contribution in [3.8, 4) is 11.4 Å². The van der Waals surface area contributed by atoms with E-state index in [0.29, 0.717) is 24.8 Å². The number of benzene rings is 1. The fourth-order valence-electron chi connectivity index (χ4n) is 5.67. The van der Waals surface area contributed by atoms with Gasteiger partial charge in [-0.2, -0.15) is 13.2 Å². The second kappa shape index (κ2) is 9.04. The number of rotatable bonds is 6. The average molecular weight is 513 g/mol. The summed E-state index contributed by atoms with van der Waals surface area (Å²) in [5, 5.41) is 0. The first-order chi connectivity index (χ1) is 17.8. The lowest BCUT2D eigenvalue weighted by atomic mass is 10.00. The fraction of sp³-hybridized carbons (Fsp3) is 0.423. The zero-order chi connectivity index (χ0) is 25.7. The molecule has 0 radical (unpaired) electrons. The molecule has 0 N–H and O–H groups in total. The topological polar surface area (TPSA) is 75.1 Å². The number of carbonyl (C=O) groups excluding carboxylic acids is 1. The van der Waals surface area contributed by atoms with E-state index < -0.39 is 17.7 Å². The molecule has 3 aliphatic rings. The molecule has 1 saturated heterocycles. The molecule has 37 heavy (non-hydrogen) atoms. The number of piperidine rings is 1. The lowest BCUT2D eigenvalue weighted by Gasteiger charge is -2.41. The quantitative estimate of drug-likeness (QED) is 0.449. The van der Waals surface area contributed by atoms with Gasteiger partial charge in [0.1, 0.15) is 11.6 Å². The number of hydrogen-bond donors (Lipinski definition) is 0. The Hall–Kier alpha value is -3.63. The van der Waals surface area contributed by atoms with Crippen molar-refractivity contribution in [1.82, 2.24) is 24.8 Å². The number of fused-ring (bicyclic) bond motifs is 2. The minimum Gasteiger partial charge on any atom is -0.350 e. The van der Waals surface area contributed by atoms with E-state index in [2.05, 4.69) is 19.9 Å². The van der Waals surface area contributed by atoms with E-state index >= 15 is 0 Å². The molecule has 11 heteroatoms. The number of aromatic nitrogens is 4. The lowest BCUT2D eigenvalue weighted by Crippen LogP contribution is -2.53. The van der Waals surface area contributed by atoms with E-state index in [0.717, 1.165) is 31.9 Å². The van der Waals surface area contributed by atoms with Crippen LogP contribution in [0.25, 0.3) is 11.4 Å². The number of anilines is 1. The van der Waals surface area contributed by atoms with Crippen molar-refractivity contribution >= 4 is 11.7 Å². The van der Waals surface area contributed by atoms with Crippen LogP contribution in [0.5, 0.6) is 0 Å². The third-order valence-corrected chi connectivity index (χ3v) is 7.52. The van der Waals surface area contributed by atoms with Crippen LogP contribution in [0.4, 0.5) is 23.4 Å². The highest BCUT2D eigenvalue weighted by Gasteiger charge is 2.50. The molecule has 3 fully saturated rings. The number of alkyl halides is 3. The third kappa shape index (κ3) is 4.51. The van der Waals surface area contributed by atoms with E-state index in [-0.39, 0.29) is 40.9 Å². The minimum absolute atomic E-state index is 0.0656. The predicted molar refractivity (Wildman–Crippen MR) is 126 cm³/mol. The Bertz CT molecular complexity index is 1300. The van der Waals surface area contributed by atoms with Crippen molar-refractivity contribution in [2.75, 3.05) is 18.0 Å². The van der Waals surface area contributed by atoms with Gasteiger partial charge < -0.3 is 9.80 Å². The summed E-state index contributed by atoms with van der Waals surface area (Å²) < 4.78 is 54.1. The summed E-state index contributed by atoms with van der Waals surface area (Å²) in [6.07, 6.45) is 4.07. The Morgan fingerprint density at radius 2 is 1.81 bits per heavy atom. The van der Waals surface area contributed by atoms with Gasteiger partial charge >= 0.3 is 6.18 Å². The normalized spacial score (nSPS) is 22.9. The van der Waals surface area contributed by atoms with E-state index in [9.17, 15) is 22.4 Å². The maximum atomic E-state index is 14.9. The van der Waals surface area contributed by atoms with Gasteiger partial charge in [-0.15, -0.1) is 0 Å². The van der Waals surface area contributed by atoms with Gasteiger partial charge in [-0.25, -0.2) is 24.3 Å². The molecule has 3 atom stereocenters. The molecule has 192 valence electrons. The van der Waals surface area contributed by atoms with Crippen LogP contribution in [0.3, 0.4) is 0 Å². The van der Waals surface area contributed by atoms with Crippen LogP contribution in [-0.2, 0) is 6.18 Å². The van der Waals surface area contributed by atoms with Crippen LogP contribution in [-0.4, -0.2) is 55.9 Å². The molecular weight excluding hydrogens is 488 g/mol. The Morgan fingerprint density at radius 1 is 1.03 bits per heavy atom. The van der Waals surface area contributed by atoms with Gasteiger partial charge in [0.15, 0.2) is 11.5 Å². The predicted octanol–water partition coefficient (Wildman–Crippen LogP) is 4.61. The Kier molecular flexibility index (Phi) is 5.80. The van der Waals surface area contributed by atoms with Crippen LogP contribution in [0.1, 0.15) is 41.7 Å². The highest BCUT2D eigenvalue weighted by molar-refractivity contribution is 6.00. The van der Waals surface area contributed by atoms with Gasteiger partial charge in [0.25, 0.3) is 5.91 Å².